The second-order valence-corrected chi connectivity index (χ2v) is 3.20. The number of ether oxygens (including phenoxy) is 1. The number of pyridine rings is 1. The Kier molecular flexibility index (Phi) is 4.26. The van der Waals surface area contributed by atoms with Crippen molar-refractivity contribution in [3.05, 3.63) is 23.9 Å². The summed E-state index contributed by atoms with van der Waals surface area (Å²) in [6.45, 7) is 0.377. The van der Waals surface area contributed by atoms with Gasteiger partial charge in [0.1, 0.15) is 0 Å². The molecule has 1 aromatic heterocycles. The molecule has 2 nitrogen and oxygen atoms in total. The van der Waals surface area contributed by atoms with Crippen LogP contribution in [0.3, 0.4) is 0 Å². The van der Waals surface area contributed by atoms with Gasteiger partial charge in [0, 0.05) is 18.0 Å². The average Bonchev–Trinajstić information content (AvgIpc) is 2.18. The lowest BCUT2D eigenvalue weighted by atomic mass is 10.3. The maximum atomic E-state index is 12.1. The van der Waals surface area contributed by atoms with Crippen molar-refractivity contribution in [1.29, 1.82) is 0 Å². The summed E-state index contributed by atoms with van der Waals surface area (Å²) in [6.07, 6.45) is -2.92. The Morgan fingerprint density at radius 3 is 2.53 bits per heavy atom. The third-order valence-electron chi connectivity index (χ3n) is 1.60. The average molecular weight is 236 g/mol. The Morgan fingerprint density at radius 1 is 1.33 bits per heavy atom. The first-order valence-electron chi connectivity index (χ1n) is 4.28. The highest BCUT2D eigenvalue weighted by Gasteiger charge is 2.30. The van der Waals surface area contributed by atoms with E-state index in [1.165, 1.54) is 6.07 Å². The zero-order valence-corrected chi connectivity index (χ0v) is 8.57. The fraction of sp³-hybridized carbons (Fsp3) is 0.444. The summed E-state index contributed by atoms with van der Waals surface area (Å²) < 4.78 is 41.5. The number of nitrogens with zero attached hydrogens (tertiary/aromatic N) is 1. The Morgan fingerprint density at radius 2 is 2.07 bits per heavy atom. The predicted octanol–water partition coefficient (Wildman–Crippen LogP) is 3.07. The van der Waals surface area contributed by atoms with Gasteiger partial charge in [-0.05, 0) is 12.5 Å². The van der Waals surface area contributed by atoms with Gasteiger partial charge in [-0.1, -0.05) is 12.6 Å². The molecule has 1 aromatic rings. The molecule has 0 bridgehead atoms. The summed E-state index contributed by atoms with van der Waals surface area (Å²) in [5, 5.41) is 0. The normalized spacial score (nSPS) is 11.5. The van der Waals surface area contributed by atoms with Crippen molar-refractivity contribution in [2.75, 3.05) is 12.4 Å². The number of alkyl halides is 3. The van der Waals surface area contributed by atoms with E-state index in [0.717, 1.165) is 12.3 Å². The molecule has 0 fully saturated rings. The molecule has 15 heavy (non-hydrogen) atoms. The second kappa shape index (κ2) is 5.25. The maximum absolute atomic E-state index is 12.1. The van der Waals surface area contributed by atoms with Gasteiger partial charge in [0.15, 0.2) is 0 Å². The molecule has 0 unspecified atom stereocenters. The summed E-state index contributed by atoms with van der Waals surface area (Å²) in [7, 11) is 0. The van der Waals surface area contributed by atoms with E-state index in [-0.39, 0.29) is 5.88 Å². The van der Waals surface area contributed by atoms with Crippen LogP contribution in [0.2, 0.25) is 0 Å². The van der Waals surface area contributed by atoms with Crippen LogP contribution in [-0.2, 0) is 6.18 Å². The minimum Gasteiger partial charge on any atom is -0.478 e. The van der Waals surface area contributed by atoms with Crippen molar-refractivity contribution in [3.63, 3.8) is 0 Å². The van der Waals surface area contributed by atoms with E-state index in [0.29, 0.717) is 18.8 Å². The largest absolute Gasteiger partial charge is 0.478 e. The first-order chi connectivity index (χ1) is 7.04. The molecule has 0 saturated heterocycles. The summed E-state index contributed by atoms with van der Waals surface area (Å²) in [6, 6.07) is 2.14. The van der Waals surface area contributed by atoms with Crippen LogP contribution in [0.1, 0.15) is 12.0 Å². The highest BCUT2D eigenvalue weighted by molar-refractivity contribution is 7.80. The van der Waals surface area contributed by atoms with Crippen molar-refractivity contribution in [3.8, 4) is 5.88 Å². The fourth-order valence-corrected chi connectivity index (χ4v) is 0.987. The van der Waals surface area contributed by atoms with E-state index < -0.39 is 11.7 Å². The lowest BCUT2D eigenvalue weighted by Gasteiger charge is -2.07. The third-order valence-corrected chi connectivity index (χ3v) is 1.89. The molecular formula is C9H9F3NOS. The Bertz CT molecular complexity index is 299. The van der Waals surface area contributed by atoms with Crippen LogP contribution in [-0.4, -0.2) is 17.3 Å². The third kappa shape index (κ3) is 3.99. The van der Waals surface area contributed by atoms with Crippen LogP contribution in [0.25, 0.3) is 0 Å². The van der Waals surface area contributed by atoms with E-state index in [9.17, 15) is 13.2 Å². The smallest absolute Gasteiger partial charge is 0.417 e. The Hall–Kier alpha value is -0.910. The maximum Gasteiger partial charge on any atom is 0.417 e. The lowest BCUT2D eigenvalue weighted by molar-refractivity contribution is -0.137. The quantitative estimate of drug-likeness (QED) is 0.749. The molecular weight excluding hydrogens is 227 g/mol. The highest BCUT2D eigenvalue weighted by atomic mass is 32.1. The second-order valence-electron chi connectivity index (χ2n) is 2.79. The molecule has 6 heteroatoms. The van der Waals surface area contributed by atoms with Crippen molar-refractivity contribution >= 4 is 12.6 Å². The lowest BCUT2D eigenvalue weighted by Crippen LogP contribution is -2.06. The first kappa shape index (κ1) is 12.2. The van der Waals surface area contributed by atoms with Crippen LogP contribution in [0.5, 0.6) is 5.88 Å². The number of hydrogen-bond donors (Lipinski definition) is 0. The molecule has 0 saturated carbocycles. The molecule has 0 atom stereocenters. The van der Waals surface area contributed by atoms with E-state index >= 15 is 0 Å². The molecule has 0 aliphatic heterocycles. The summed E-state index contributed by atoms with van der Waals surface area (Å²) in [4.78, 5) is 3.54. The topological polar surface area (TPSA) is 22.1 Å². The number of hydrogen-bond acceptors (Lipinski definition) is 2. The summed E-state index contributed by atoms with van der Waals surface area (Å²) in [5.74, 6) is 0.743. The molecule has 1 rings (SSSR count). The van der Waals surface area contributed by atoms with Gasteiger partial charge in [-0.2, -0.15) is 13.2 Å². The minimum atomic E-state index is -4.36. The molecule has 0 N–H and O–H groups in total. The van der Waals surface area contributed by atoms with Gasteiger partial charge in [-0.15, -0.1) is 0 Å². The standard InChI is InChI=1S/C9H9F3NOS/c10-9(11,12)7-2-3-8(13-6-7)14-4-1-5-15/h2-3,6H,1,4-5H2. The minimum absolute atomic E-state index is 0.187. The van der Waals surface area contributed by atoms with Gasteiger partial charge in [0.2, 0.25) is 5.88 Å². The molecule has 0 spiro atoms. The van der Waals surface area contributed by atoms with Crippen LogP contribution in [0, 0.1) is 0 Å². The number of halogens is 3. The zero-order valence-electron chi connectivity index (χ0n) is 7.75. The van der Waals surface area contributed by atoms with Gasteiger partial charge < -0.3 is 4.74 Å². The number of rotatable bonds is 4. The van der Waals surface area contributed by atoms with Crippen LogP contribution >= 0.6 is 12.6 Å². The molecule has 1 radical (unpaired) electrons. The fourth-order valence-electron chi connectivity index (χ4n) is 0.869. The van der Waals surface area contributed by atoms with Crippen LogP contribution < -0.4 is 4.74 Å². The van der Waals surface area contributed by atoms with E-state index in [4.69, 9.17) is 4.74 Å². The van der Waals surface area contributed by atoms with Gasteiger partial charge in [0.05, 0.1) is 12.2 Å². The van der Waals surface area contributed by atoms with Crippen molar-refractivity contribution in [2.45, 2.75) is 12.6 Å². The molecule has 0 aromatic carbocycles. The van der Waals surface area contributed by atoms with Gasteiger partial charge in [-0.25, -0.2) is 4.98 Å². The highest BCUT2D eigenvalue weighted by Crippen LogP contribution is 2.29. The molecule has 83 valence electrons. The Balaban J connectivity index is 2.57. The van der Waals surface area contributed by atoms with E-state index in [2.05, 4.69) is 17.6 Å². The van der Waals surface area contributed by atoms with E-state index in [1.54, 1.807) is 0 Å². The van der Waals surface area contributed by atoms with Crippen molar-refractivity contribution < 1.29 is 17.9 Å². The zero-order chi connectivity index (χ0) is 11.3. The molecule has 0 aliphatic rings. The predicted molar refractivity (Wildman–Crippen MR) is 51.8 cm³/mol. The molecule has 0 amide bonds. The van der Waals surface area contributed by atoms with Gasteiger partial charge in [-0.3, -0.25) is 0 Å². The SMILES string of the molecule is FC(F)(F)c1ccc(OCCC[S])nc1. The van der Waals surface area contributed by atoms with Crippen LogP contribution in [0.4, 0.5) is 13.2 Å². The first-order valence-corrected chi connectivity index (χ1v) is 4.86. The Labute approximate surface area is 90.9 Å². The van der Waals surface area contributed by atoms with Crippen LogP contribution in [0.15, 0.2) is 18.3 Å². The van der Waals surface area contributed by atoms with E-state index in [1.807, 2.05) is 0 Å². The number of aromatic nitrogens is 1. The van der Waals surface area contributed by atoms with Crippen molar-refractivity contribution in [2.24, 2.45) is 0 Å². The molecule has 1 heterocycles. The van der Waals surface area contributed by atoms with Gasteiger partial charge in [0.25, 0.3) is 0 Å². The summed E-state index contributed by atoms with van der Waals surface area (Å²) >= 11 is 4.69. The van der Waals surface area contributed by atoms with Crippen molar-refractivity contribution in [1.82, 2.24) is 4.98 Å². The van der Waals surface area contributed by atoms with Gasteiger partial charge >= 0.3 is 6.18 Å². The summed E-state index contributed by atoms with van der Waals surface area (Å²) in [5.41, 5.74) is -0.780. The monoisotopic (exact) mass is 236 g/mol. The molecule has 0 aliphatic carbocycles.